The van der Waals surface area contributed by atoms with Crippen LogP contribution in [0.3, 0.4) is 0 Å². The molecule has 0 radical (unpaired) electrons. The molecule has 0 aliphatic rings. The smallest absolute Gasteiger partial charge is 0.0146 e. The molecule has 0 aromatic heterocycles. The molecule has 0 bridgehead atoms. The Morgan fingerprint density at radius 1 is 0.938 bits per heavy atom. The lowest BCUT2D eigenvalue weighted by Gasteiger charge is -2.06. The molecule has 0 saturated heterocycles. The van der Waals surface area contributed by atoms with Gasteiger partial charge in [0.1, 0.15) is 0 Å². The van der Waals surface area contributed by atoms with Gasteiger partial charge in [0.05, 0.1) is 0 Å². The summed E-state index contributed by atoms with van der Waals surface area (Å²) in [6.07, 6.45) is 6.33. The van der Waals surface area contributed by atoms with Gasteiger partial charge in [0.25, 0.3) is 0 Å². The van der Waals surface area contributed by atoms with E-state index in [1.807, 2.05) is 0 Å². The monoisotopic (exact) mass is 223 g/mol. The first kappa shape index (κ1) is 15.5. The maximum atomic E-state index is 3.47. The Hall–Kier alpha value is -0.480. The number of rotatable bonds is 8. The highest BCUT2D eigenvalue weighted by molar-refractivity contribution is 5.00. The molecular formula is C15H29N. The summed E-state index contributed by atoms with van der Waals surface area (Å²) in [6, 6.07) is 0. The lowest BCUT2D eigenvalue weighted by molar-refractivity contribution is 0.527. The highest BCUT2D eigenvalue weighted by Gasteiger charge is 1.92. The van der Waals surface area contributed by atoms with Crippen LogP contribution in [0, 0.1) is 23.7 Å². The second-order valence-electron chi connectivity index (χ2n) is 5.24. The Morgan fingerprint density at radius 2 is 1.62 bits per heavy atom. The first-order valence-corrected chi connectivity index (χ1v) is 6.82. The van der Waals surface area contributed by atoms with Crippen LogP contribution in [-0.2, 0) is 0 Å². The molecule has 0 atom stereocenters. The van der Waals surface area contributed by atoms with Crippen molar-refractivity contribution >= 4 is 0 Å². The molecule has 1 nitrogen and oxygen atoms in total. The molecule has 1 N–H and O–H groups in total. The minimum atomic E-state index is 0.528. The summed E-state index contributed by atoms with van der Waals surface area (Å²) in [7, 11) is 0. The SMILES string of the molecule is CC(C)C#CCCCCCCNCC(C)C. The second kappa shape index (κ2) is 11.0. The zero-order chi connectivity index (χ0) is 12.2. The van der Waals surface area contributed by atoms with Crippen molar-refractivity contribution < 1.29 is 0 Å². The van der Waals surface area contributed by atoms with Gasteiger partial charge in [-0.1, -0.05) is 40.5 Å². The molecule has 0 aromatic rings. The van der Waals surface area contributed by atoms with Crippen molar-refractivity contribution in [2.45, 2.75) is 59.8 Å². The summed E-state index contributed by atoms with van der Waals surface area (Å²) >= 11 is 0. The van der Waals surface area contributed by atoms with Crippen molar-refractivity contribution in [3.8, 4) is 11.8 Å². The van der Waals surface area contributed by atoms with E-state index in [-0.39, 0.29) is 0 Å². The minimum absolute atomic E-state index is 0.528. The van der Waals surface area contributed by atoms with Gasteiger partial charge in [-0.05, 0) is 31.8 Å². The van der Waals surface area contributed by atoms with Crippen molar-refractivity contribution in [2.75, 3.05) is 13.1 Å². The van der Waals surface area contributed by atoms with Gasteiger partial charge < -0.3 is 5.32 Å². The lowest BCUT2D eigenvalue weighted by atomic mass is 10.1. The quantitative estimate of drug-likeness (QED) is 0.487. The van der Waals surface area contributed by atoms with Gasteiger partial charge in [-0.15, -0.1) is 11.8 Å². The molecule has 0 saturated carbocycles. The van der Waals surface area contributed by atoms with Gasteiger partial charge >= 0.3 is 0 Å². The predicted molar refractivity (Wildman–Crippen MR) is 73.4 cm³/mol. The molecular weight excluding hydrogens is 194 g/mol. The van der Waals surface area contributed by atoms with Crippen LogP contribution in [0.2, 0.25) is 0 Å². The summed E-state index contributed by atoms with van der Waals surface area (Å²) in [5.74, 6) is 7.74. The Labute approximate surface area is 102 Å². The lowest BCUT2D eigenvalue weighted by Crippen LogP contribution is -2.20. The zero-order valence-electron chi connectivity index (χ0n) is 11.6. The van der Waals surface area contributed by atoms with E-state index in [0.717, 1.165) is 18.9 Å². The first-order chi connectivity index (χ1) is 7.63. The van der Waals surface area contributed by atoms with Crippen LogP contribution < -0.4 is 5.32 Å². The van der Waals surface area contributed by atoms with E-state index in [4.69, 9.17) is 0 Å². The van der Waals surface area contributed by atoms with Gasteiger partial charge in [-0.25, -0.2) is 0 Å². The first-order valence-electron chi connectivity index (χ1n) is 6.82. The van der Waals surface area contributed by atoms with Gasteiger partial charge in [-0.3, -0.25) is 0 Å². The van der Waals surface area contributed by atoms with Crippen molar-refractivity contribution in [3.63, 3.8) is 0 Å². The highest BCUT2D eigenvalue weighted by Crippen LogP contribution is 2.02. The van der Waals surface area contributed by atoms with Gasteiger partial charge in [-0.2, -0.15) is 0 Å². The van der Waals surface area contributed by atoms with Crippen molar-refractivity contribution in [1.29, 1.82) is 0 Å². The van der Waals surface area contributed by atoms with E-state index < -0.39 is 0 Å². The molecule has 16 heavy (non-hydrogen) atoms. The summed E-state index contributed by atoms with van der Waals surface area (Å²) in [5.41, 5.74) is 0. The fourth-order valence-electron chi connectivity index (χ4n) is 1.48. The Bertz CT molecular complexity index is 195. The van der Waals surface area contributed by atoms with Crippen LogP contribution in [0.1, 0.15) is 59.8 Å². The fraction of sp³-hybridized carbons (Fsp3) is 0.867. The molecule has 0 rings (SSSR count). The number of unbranched alkanes of at least 4 members (excludes halogenated alkanes) is 4. The van der Waals surface area contributed by atoms with Crippen LogP contribution in [-0.4, -0.2) is 13.1 Å². The second-order valence-corrected chi connectivity index (χ2v) is 5.24. The molecule has 0 aliphatic heterocycles. The van der Waals surface area contributed by atoms with Crippen molar-refractivity contribution in [2.24, 2.45) is 11.8 Å². The Balaban J connectivity index is 3.08. The highest BCUT2D eigenvalue weighted by atomic mass is 14.8. The van der Waals surface area contributed by atoms with E-state index in [1.54, 1.807) is 0 Å². The van der Waals surface area contributed by atoms with Gasteiger partial charge in [0.2, 0.25) is 0 Å². The Kier molecular flexibility index (Phi) is 10.7. The normalized spacial score (nSPS) is 10.6. The molecule has 0 amide bonds. The van der Waals surface area contributed by atoms with E-state index in [9.17, 15) is 0 Å². The number of hydrogen-bond donors (Lipinski definition) is 1. The van der Waals surface area contributed by atoms with E-state index >= 15 is 0 Å². The summed E-state index contributed by atoms with van der Waals surface area (Å²) < 4.78 is 0. The van der Waals surface area contributed by atoms with E-state index in [1.165, 1.54) is 32.2 Å². The molecule has 94 valence electrons. The van der Waals surface area contributed by atoms with Gasteiger partial charge in [0, 0.05) is 12.3 Å². The average molecular weight is 223 g/mol. The topological polar surface area (TPSA) is 12.0 Å². The predicted octanol–water partition coefficient (Wildman–Crippen LogP) is 3.84. The van der Waals surface area contributed by atoms with Crippen LogP contribution >= 0.6 is 0 Å². The molecule has 0 aliphatic carbocycles. The average Bonchev–Trinajstić information content (AvgIpc) is 2.20. The zero-order valence-corrected chi connectivity index (χ0v) is 11.6. The van der Waals surface area contributed by atoms with Crippen LogP contribution in [0.4, 0.5) is 0 Å². The van der Waals surface area contributed by atoms with Crippen LogP contribution in [0.25, 0.3) is 0 Å². The van der Waals surface area contributed by atoms with Crippen LogP contribution in [0.15, 0.2) is 0 Å². The fourth-order valence-corrected chi connectivity index (χ4v) is 1.48. The van der Waals surface area contributed by atoms with Crippen molar-refractivity contribution in [1.82, 2.24) is 5.32 Å². The molecule has 0 fully saturated rings. The van der Waals surface area contributed by atoms with Crippen molar-refractivity contribution in [3.05, 3.63) is 0 Å². The van der Waals surface area contributed by atoms with E-state index in [2.05, 4.69) is 44.9 Å². The maximum Gasteiger partial charge on any atom is 0.0146 e. The largest absolute Gasteiger partial charge is 0.316 e. The molecule has 1 heteroatoms. The molecule has 0 aromatic carbocycles. The van der Waals surface area contributed by atoms with E-state index in [0.29, 0.717) is 5.92 Å². The number of nitrogens with one attached hydrogen (secondary N) is 1. The van der Waals surface area contributed by atoms with Gasteiger partial charge in [0.15, 0.2) is 0 Å². The maximum absolute atomic E-state index is 3.47. The third-order valence-corrected chi connectivity index (χ3v) is 2.35. The van der Waals surface area contributed by atoms with Crippen LogP contribution in [0.5, 0.6) is 0 Å². The third kappa shape index (κ3) is 13.5. The minimum Gasteiger partial charge on any atom is -0.316 e. The molecule has 0 unspecified atom stereocenters. The number of hydrogen-bond acceptors (Lipinski definition) is 1. The summed E-state index contributed by atoms with van der Waals surface area (Å²) in [6.45, 7) is 11.1. The summed E-state index contributed by atoms with van der Waals surface area (Å²) in [5, 5.41) is 3.47. The molecule has 0 spiro atoms. The standard InChI is InChI=1S/C15H29N/c1-14(2)11-9-7-5-6-8-10-12-16-13-15(3)4/h14-16H,5-8,10,12-13H2,1-4H3. The molecule has 0 heterocycles. The third-order valence-electron chi connectivity index (χ3n) is 2.35. The summed E-state index contributed by atoms with van der Waals surface area (Å²) in [4.78, 5) is 0. The Morgan fingerprint density at radius 3 is 2.25 bits per heavy atom.